The molecule has 0 bridgehead atoms. The van der Waals surface area contributed by atoms with Crippen LogP contribution in [0, 0.1) is 0 Å². The Bertz CT molecular complexity index is 462. The maximum atomic E-state index is 5.68. The van der Waals surface area contributed by atoms with Gasteiger partial charge in [0.2, 0.25) is 5.28 Å². The lowest BCUT2D eigenvalue weighted by atomic mass is 10.5. The van der Waals surface area contributed by atoms with Crippen molar-refractivity contribution in [1.29, 1.82) is 0 Å². The number of halogens is 2. The summed E-state index contributed by atoms with van der Waals surface area (Å²) in [4.78, 5) is 11.6. The molecule has 2 heterocycles. The lowest BCUT2D eigenvalue weighted by Gasteiger charge is -1.94. The molecule has 4 nitrogen and oxygen atoms in total. The predicted octanol–water partition coefficient (Wildman–Crippen LogP) is 3.13. The third kappa shape index (κ3) is 2.78. The molecule has 0 radical (unpaired) electrons. The fourth-order valence-electron chi connectivity index (χ4n) is 0.939. The number of hydrogen-bond donors (Lipinski definition) is 0. The van der Waals surface area contributed by atoms with Crippen LogP contribution in [0.1, 0.15) is 5.76 Å². The number of aliphatic imine (C=N–C) groups is 1. The molecular weight excluding hydrogens is 237 g/mol. The molecular formula is C9H5Cl2N3O. The fraction of sp³-hybridized carbons (Fsp3) is 0. The zero-order chi connectivity index (χ0) is 10.7. The third-order valence-electron chi connectivity index (χ3n) is 1.52. The Labute approximate surface area is 95.6 Å². The highest BCUT2D eigenvalue weighted by Gasteiger charge is 1.99. The molecule has 0 aromatic carbocycles. The lowest BCUT2D eigenvalue weighted by molar-refractivity contribution is 0.560. The Morgan fingerprint density at radius 2 is 2.20 bits per heavy atom. The van der Waals surface area contributed by atoms with Gasteiger partial charge < -0.3 is 4.42 Å². The molecule has 0 unspecified atom stereocenters. The number of rotatable bonds is 2. The molecule has 0 N–H and O–H groups in total. The normalized spacial score (nSPS) is 11.1. The topological polar surface area (TPSA) is 51.3 Å². The molecule has 0 aliphatic carbocycles. The fourth-order valence-corrected chi connectivity index (χ4v) is 1.34. The zero-order valence-corrected chi connectivity index (χ0v) is 8.90. The average Bonchev–Trinajstić information content (AvgIpc) is 2.65. The molecule has 0 aliphatic heterocycles. The van der Waals surface area contributed by atoms with Crippen LogP contribution in [0.25, 0.3) is 0 Å². The van der Waals surface area contributed by atoms with Gasteiger partial charge in [-0.05, 0) is 23.7 Å². The van der Waals surface area contributed by atoms with Crippen molar-refractivity contribution in [1.82, 2.24) is 9.97 Å². The molecule has 2 aromatic rings. The Kier molecular flexibility index (Phi) is 2.99. The molecule has 76 valence electrons. The monoisotopic (exact) mass is 241 g/mol. The molecule has 0 fully saturated rings. The van der Waals surface area contributed by atoms with Crippen LogP contribution in [-0.4, -0.2) is 16.2 Å². The Balaban J connectivity index is 2.24. The van der Waals surface area contributed by atoms with Crippen LogP contribution < -0.4 is 0 Å². The summed E-state index contributed by atoms with van der Waals surface area (Å²) in [6.45, 7) is 0. The smallest absolute Gasteiger partial charge is 0.225 e. The van der Waals surface area contributed by atoms with E-state index < -0.39 is 0 Å². The van der Waals surface area contributed by atoms with Crippen LogP contribution in [0.5, 0.6) is 0 Å². The first-order chi connectivity index (χ1) is 7.24. The van der Waals surface area contributed by atoms with E-state index in [4.69, 9.17) is 27.6 Å². The van der Waals surface area contributed by atoms with Crippen LogP contribution in [0.15, 0.2) is 33.9 Å². The zero-order valence-electron chi connectivity index (χ0n) is 7.39. The van der Waals surface area contributed by atoms with Gasteiger partial charge in [-0.1, -0.05) is 11.6 Å². The highest BCUT2D eigenvalue weighted by atomic mass is 35.5. The highest BCUT2D eigenvalue weighted by Crippen LogP contribution is 2.16. The summed E-state index contributed by atoms with van der Waals surface area (Å²) in [5.41, 5.74) is 0. The minimum atomic E-state index is 0.0640. The molecule has 0 saturated carbocycles. The van der Waals surface area contributed by atoms with E-state index in [9.17, 15) is 0 Å². The van der Waals surface area contributed by atoms with Gasteiger partial charge in [0.05, 0.1) is 12.5 Å². The van der Waals surface area contributed by atoms with E-state index in [1.165, 1.54) is 12.3 Å². The average molecular weight is 242 g/mol. The van der Waals surface area contributed by atoms with E-state index in [1.807, 2.05) is 0 Å². The van der Waals surface area contributed by atoms with Gasteiger partial charge in [0.15, 0.2) is 5.82 Å². The maximum absolute atomic E-state index is 5.68. The van der Waals surface area contributed by atoms with E-state index in [2.05, 4.69) is 15.0 Å². The van der Waals surface area contributed by atoms with Crippen molar-refractivity contribution in [2.45, 2.75) is 0 Å². The van der Waals surface area contributed by atoms with Crippen molar-refractivity contribution in [2.75, 3.05) is 0 Å². The summed E-state index contributed by atoms with van der Waals surface area (Å²) in [5, 5.41) is 0.315. The van der Waals surface area contributed by atoms with Crippen LogP contribution >= 0.6 is 23.2 Å². The van der Waals surface area contributed by atoms with Gasteiger partial charge in [0.1, 0.15) is 10.9 Å². The quantitative estimate of drug-likeness (QED) is 0.461. The minimum absolute atomic E-state index is 0.0640. The van der Waals surface area contributed by atoms with Crippen LogP contribution in [0.2, 0.25) is 10.4 Å². The summed E-state index contributed by atoms with van der Waals surface area (Å²) in [6, 6.07) is 5.04. The second-order valence-electron chi connectivity index (χ2n) is 2.59. The van der Waals surface area contributed by atoms with E-state index in [0.29, 0.717) is 11.6 Å². The SMILES string of the molecule is Clc1cc(N=Cc2ccco2)nc(Cl)n1. The molecule has 0 amide bonds. The van der Waals surface area contributed by atoms with Crippen LogP contribution in [0.3, 0.4) is 0 Å². The van der Waals surface area contributed by atoms with E-state index in [1.54, 1.807) is 18.4 Å². The summed E-state index contributed by atoms with van der Waals surface area (Å²) in [7, 11) is 0. The number of hydrogen-bond acceptors (Lipinski definition) is 4. The molecule has 2 rings (SSSR count). The first-order valence-corrected chi connectivity index (χ1v) is 4.77. The summed E-state index contributed by atoms with van der Waals surface area (Å²) in [5.74, 6) is 1.01. The van der Waals surface area contributed by atoms with Crippen molar-refractivity contribution >= 4 is 35.2 Å². The first kappa shape index (κ1) is 10.1. The molecule has 15 heavy (non-hydrogen) atoms. The van der Waals surface area contributed by atoms with Gasteiger partial charge in [0.25, 0.3) is 0 Å². The maximum Gasteiger partial charge on any atom is 0.225 e. The van der Waals surface area contributed by atoms with Gasteiger partial charge in [0, 0.05) is 6.07 Å². The molecule has 2 aromatic heterocycles. The third-order valence-corrected chi connectivity index (χ3v) is 1.88. The summed E-state index contributed by atoms with van der Waals surface area (Å²) in [6.07, 6.45) is 3.08. The van der Waals surface area contributed by atoms with Crippen molar-refractivity contribution in [3.8, 4) is 0 Å². The highest BCUT2D eigenvalue weighted by molar-refractivity contribution is 6.32. The molecule has 0 aliphatic rings. The predicted molar refractivity (Wildman–Crippen MR) is 58.0 cm³/mol. The molecule has 0 saturated heterocycles. The molecule has 0 spiro atoms. The Morgan fingerprint density at radius 1 is 1.33 bits per heavy atom. The largest absolute Gasteiger partial charge is 0.463 e. The molecule has 6 heteroatoms. The van der Waals surface area contributed by atoms with Crippen LogP contribution in [-0.2, 0) is 0 Å². The van der Waals surface area contributed by atoms with Gasteiger partial charge in [-0.25, -0.2) is 9.98 Å². The van der Waals surface area contributed by atoms with Gasteiger partial charge in [-0.3, -0.25) is 0 Å². The first-order valence-electron chi connectivity index (χ1n) is 4.02. The number of nitrogens with zero attached hydrogens (tertiary/aromatic N) is 3. The lowest BCUT2D eigenvalue weighted by Crippen LogP contribution is -1.83. The van der Waals surface area contributed by atoms with E-state index in [0.717, 1.165) is 0 Å². The van der Waals surface area contributed by atoms with Crippen LogP contribution in [0.4, 0.5) is 5.82 Å². The number of furan rings is 1. The number of aromatic nitrogens is 2. The Morgan fingerprint density at radius 3 is 2.87 bits per heavy atom. The minimum Gasteiger partial charge on any atom is -0.463 e. The van der Waals surface area contributed by atoms with Crippen molar-refractivity contribution in [3.63, 3.8) is 0 Å². The van der Waals surface area contributed by atoms with E-state index >= 15 is 0 Å². The van der Waals surface area contributed by atoms with Crippen molar-refractivity contribution < 1.29 is 4.42 Å². The Hall–Kier alpha value is -1.39. The van der Waals surface area contributed by atoms with Crippen molar-refractivity contribution in [3.05, 3.63) is 40.7 Å². The molecule has 0 atom stereocenters. The van der Waals surface area contributed by atoms with Crippen molar-refractivity contribution in [2.24, 2.45) is 4.99 Å². The van der Waals surface area contributed by atoms with E-state index in [-0.39, 0.29) is 10.4 Å². The summed E-state index contributed by atoms with van der Waals surface area (Å²) < 4.78 is 5.06. The summed E-state index contributed by atoms with van der Waals surface area (Å²) >= 11 is 11.3. The standard InChI is InChI=1S/C9H5Cl2N3O/c10-7-4-8(14-9(11)13-7)12-5-6-2-1-3-15-6/h1-5H. The van der Waals surface area contributed by atoms with Gasteiger partial charge in [-0.15, -0.1) is 0 Å². The van der Waals surface area contributed by atoms with Gasteiger partial charge >= 0.3 is 0 Å². The second-order valence-corrected chi connectivity index (χ2v) is 3.32. The van der Waals surface area contributed by atoms with Gasteiger partial charge in [-0.2, -0.15) is 4.98 Å². The second kappa shape index (κ2) is 4.42.